The Kier molecular flexibility index (Phi) is 23.6. The molecule has 23 nitrogen and oxygen atoms in total. The van der Waals surface area contributed by atoms with Crippen molar-refractivity contribution in [2.75, 3.05) is 38.2 Å². The maximum absolute atomic E-state index is 13.8. The third kappa shape index (κ3) is 18.4. The average Bonchev–Trinajstić information content (AvgIpc) is 3.76. The Balaban J connectivity index is 2.21. The zero-order valence-corrected chi connectivity index (χ0v) is 37.1. The van der Waals surface area contributed by atoms with Gasteiger partial charge in [0.05, 0.1) is 25.6 Å². The highest BCUT2D eigenvalue weighted by Crippen LogP contribution is 2.20. The fraction of sp³-hybridized carbons (Fsp3) is 0.600. The van der Waals surface area contributed by atoms with Crippen molar-refractivity contribution in [1.82, 2.24) is 36.8 Å². The molecular weight excluding hydrogens is 859 g/mol. The molecule has 0 radical (unpaired) electrons. The van der Waals surface area contributed by atoms with E-state index in [1.807, 2.05) is 6.92 Å². The van der Waals surface area contributed by atoms with Crippen LogP contribution in [0.4, 0.5) is 0 Å². The smallest absolute Gasteiger partial charge is 0.326 e. The minimum Gasteiger partial charge on any atom is -0.481 e. The second kappa shape index (κ2) is 27.9. The third-order valence-electron chi connectivity index (χ3n) is 10.4. The predicted octanol–water partition coefficient (Wildman–Crippen LogP) is -3.51. The number of benzene rings is 1. The van der Waals surface area contributed by atoms with Crippen LogP contribution in [0.25, 0.3) is 0 Å². The molecule has 356 valence electrons. The van der Waals surface area contributed by atoms with Crippen molar-refractivity contribution in [3.63, 3.8) is 0 Å². The molecule has 1 aromatic rings. The van der Waals surface area contributed by atoms with Crippen LogP contribution in [0.15, 0.2) is 35.3 Å². The topological polar surface area (TPSA) is 380 Å². The first kappa shape index (κ1) is 54.1. The van der Waals surface area contributed by atoms with E-state index in [1.165, 1.54) is 11.8 Å². The number of hydrogen-bond donors (Lipinski definition) is 12. The van der Waals surface area contributed by atoms with E-state index >= 15 is 0 Å². The van der Waals surface area contributed by atoms with Crippen molar-refractivity contribution in [3.05, 3.63) is 35.9 Å². The summed E-state index contributed by atoms with van der Waals surface area (Å²) in [5.41, 5.74) is 17.4. The maximum Gasteiger partial charge on any atom is 0.326 e. The van der Waals surface area contributed by atoms with Gasteiger partial charge in [-0.25, -0.2) is 4.79 Å². The van der Waals surface area contributed by atoms with Gasteiger partial charge in [0.25, 0.3) is 0 Å². The number of nitrogens with zero attached hydrogens (tertiary/aromatic N) is 2. The summed E-state index contributed by atoms with van der Waals surface area (Å²) < 4.78 is 0. The molecule has 0 bridgehead atoms. The van der Waals surface area contributed by atoms with E-state index in [-0.39, 0.29) is 57.1 Å². The molecule has 0 unspecified atom stereocenters. The van der Waals surface area contributed by atoms with E-state index in [1.54, 1.807) is 43.5 Å². The molecule has 8 atom stereocenters. The van der Waals surface area contributed by atoms with Crippen molar-refractivity contribution >= 4 is 71.0 Å². The van der Waals surface area contributed by atoms with Crippen LogP contribution >= 0.6 is 11.8 Å². The summed E-state index contributed by atoms with van der Waals surface area (Å²) >= 11 is 1.34. The Bertz CT molecular complexity index is 1800. The summed E-state index contributed by atoms with van der Waals surface area (Å²) in [5.74, 6) is -8.76. The number of guanidine groups is 1. The highest BCUT2D eigenvalue weighted by atomic mass is 32.2. The summed E-state index contributed by atoms with van der Waals surface area (Å²) in [6, 6.07) is -0.871. The lowest BCUT2D eigenvalue weighted by molar-refractivity contribution is -0.150. The first-order valence-corrected chi connectivity index (χ1v) is 22.2. The molecule has 1 aromatic carbocycles. The number of rotatable bonds is 28. The van der Waals surface area contributed by atoms with Gasteiger partial charge >= 0.3 is 11.9 Å². The van der Waals surface area contributed by atoms with Gasteiger partial charge in [-0.05, 0) is 55.6 Å². The van der Waals surface area contributed by atoms with Gasteiger partial charge in [0.15, 0.2) is 5.96 Å². The number of aliphatic hydroxyl groups is 1. The van der Waals surface area contributed by atoms with Crippen LogP contribution in [-0.2, 0) is 49.6 Å². The van der Waals surface area contributed by atoms with Gasteiger partial charge in [-0.15, -0.1) is 0 Å². The largest absolute Gasteiger partial charge is 0.481 e. The fourth-order valence-corrected chi connectivity index (χ4v) is 7.00. The summed E-state index contributed by atoms with van der Waals surface area (Å²) in [5, 5.41) is 43.9. The van der Waals surface area contributed by atoms with Crippen molar-refractivity contribution in [3.8, 4) is 0 Å². The van der Waals surface area contributed by atoms with Crippen LogP contribution in [0.3, 0.4) is 0 Å². The van der Waals surface area contributed by atoms with E-state index in [4.69, 9.17) is 17.2 Å². The van der Waals surface area contributed by atoms with Crippen molar-refractivity contribution in [2.45, 2.75) is 108 Å². The predicted molar refractivity (Wildman–Crippen MR) is 235 cm³/mol. The van der Waals surface area contributed by atoms with Crippen molar-refractivity contribution < 1.29 is 58.5 Å². The Hall–Kier alpha value is -6.01. The Morgan fingerprint density at radius 3 is 2.00 bits per heavy atom. The molecule has 0 aromatic heterocycles. The van der Waals surface area contributed by atoms with Crippen LogP contribution < -0.4 is 49.1 Å². The monoisotopic (exact) mass is 921 g/mol. The van der Waals surface area contributed by atoms with Gasteiger partial charge < -0.3 is 69.3 Å². The number of aliphatic hydroxyl groups excluding tert-OH is 1. The zero-order chi connectivity index (χ0) is 47.9. The maximum atomic E-state index is 13.8. The van der Waals surface area contributed by atoms with Crippen molar-refractivity contribution in [2.24, 2.45) is 28.1 Å². The minimum atomic E-state index is -1.67. The second-order valence-electron chi connectivity index (χ2n) is 15.2. The standard InChI is InChI=1S/C40H63N11O12S/c1-4-22(2)32(41)37(60)47-24(12-8-15-44-40(42)43)34(57)50-28(21-52)33(56)45-20-30(53)46-25(14-17-64-3)35(58)48-26(18-23-10-6-5-7-11-23)36(59)49-27(19-31(54)55)38(61)51-16-9-13-29(51)39(62)63/h5-7,10-11,22,24-29,32,52H,4,8-9,12-21,41H2,1-3H3,(H,45,56)(H,46,53)(H,47,60)(H,48,58)(H,49,59)(H,50,57)(H,54,55)(H,62,63)(H4,42,43,44)/t22-,24-,25-,26-,27-,28-,29-,32-/m0/s1. The first-order chi connectivity index (χ1) is 30.3. The Morgan fingerprint density at radius 2 is 1.42 bits per heavy atom. The summed E-state index contributed by atoms with van der Waals surface area (Å²) in [6.07, 6.45) is 2.15. The molecule has 1 saturated heterocycles. The molecule has 2 rings (SSSR count). The Morgan fingerprint density at radius 1 is 0.828 bits per heavy atom. The number of carboxylic acid groups (broad SMARTS) is 2. The number of carboxylic acids is 2. The highest BCUT2D eigenvalue weighted by Gasteiger charge is 2.39. The SMILES string of the molecule is CC[C@H](C)[C@H](N)C(=O)N[C@@H](CCCN=C(N)N)C(=O)N[C@@H](CO)C(=O)NCC(=O)N[C@@H](CCSC)C(=O)N[C@@H](Cc1ccccc1)C(=O)N[C@@H](CC(=O)O)C(=O)N1CCC[C@H]1C(=O)O. The highest BCUT2D eigenvalue weighted by molar-refractivity contribution is 7.98. The van der Waals surface area contributed by atoms with Crippen LogP contribution in [0, 0.1) is 5.92 Å². The summed E-state index contributed by atoms with van der Waals surface area (Å²) in [7, 11) is 0. The van der Waals surface area contributed by atoms with Crippen LogP contribution in [0.1, 0.15) is 64.4 Å². The zero-order valence-electron chi connectivity index (χ0n) is 36.2. The third-order valence-corrected chi connectivity index (χ3v) is 11.0. The molecule has 1 aliphatic rings. The lowest BCUT2D eigenvalue weighted by Gasteiger charge is -2.28. The molecule has 0 spiro atoms. The van der Waals surface area contributed by atoms with Crippen molar-refractivity contribution in [1.29, 1.82) is 0 Å². The number of amides is 7. The van der Waals surface area contributed by atoms with E-state index in [2.05, 4.69) is 36.9 Å². The van der Waals surface area contributed by atoms with Gasteiger partial charge in [0, 0.05) is 19.5 Å². The van der Waals surface area contributed by atoms with E-state index in [0.29, 0.717) is 24.2 Å². The number of aliphatic carboxylic acids is 2. The molecule has 0 saturated carbocycles. The van der Waals surface area contributed by atoms with Crippen LogP contribution in [0.2, 0.25) is 0 Å². The van der Waals surface area contributed by atoms with Gasteiger partial charge in [0.2, 0.25) is 41.4 Å². The molecule has 15 N–H and O–H groups in total. The van der Waals surface area contributed by atoms with Gasteiger partial charge in [-0.3, -0.25) is 43.3 Å². The lowest BCUT2D eigenvalue weighted by atomic mass is 9.98. The number of nitrogens with one attached hydrogen (secondary N) is 6. The number of hydrogen-bond acceptors (Lipinski definition) is 13. The molecule has 7 amide bonds. The molecule has 1 aliphatic heterocycles. The van der Waals surface area contributed by atoms with E-state index in [0.717, 1.165) is 4.90 Å². The minimum absolute atomic E-state index is 0.0317. The summed E-state index contributed by atoms with van der Waals surface area (Å²) in [4.78, 5) is 122. The molecular formula is C40H63N11O12S. The number of carbonyl (C=O) groups excluding carboxylic acids is 7. The van der Waals surface area contributed by atoms with Gasteiger partial charge in [-0.2, -0.15) is 11.8 Å². The van der Waals surface area contributed by atoms with Gasteiger partial charge in [0.1, 0.15) is 36.3 Å². The normalized spacial score (nSPS) is 16.6. The number of carbonyl (C=O) groups is 9. The van der Waals surface area contributed by atoms with E-state index < -0.39 is 115 Å². The first-order valence-electron chi connectivity index (χ1n) is 20.8. The molecule has 1 heterocycles. The lowest BCUT2D eigenvalue weighted by Crippen LogP contribution is -2.59. The average molecular weight is 922 g/mol. The number of thioether (sulfide) groups is 1. The number of aliphatic imine (C=N–C) groups is 1. The summed E-state index contributed by atoms with van der Waals surface area (Å²) in [6.45, 7) is 2.15. The quantitative estimate of drug-likeness (QED) is 0.0220. The van der Waals surface area contributed by atoms with Crippen LogP contribution in [-0.4, -0.2) is 160 Å². The number of likely N-dealkylation sites (tertiary alicyclic amines) is 1. The fourth-order valence-electron chi connectivity index (χ4n) is 6.53. The molecule has 1 fully saturated rings. The molecule has 0 aliphatic carbocycles. The Labute approximate surface area is 375 Å². The van der Waals surface area contributed by atoms with Gasteiger partial charge in [-0.1, -0.05) is 50.6 Å². The second-order valence-corrected chi connectivity index (χ2v) is 16.2. The number of nitrogens with two attached hydrogens (primary N) is 3. The molecule has 64 heavy (non-hydrogen) atoms. The van der Waals surface area contributed by atoms with Crippen LogP contribution in [0.5, 0.6) is 0 Å². The van der Waals surface area contributed by atoms with E-state index in [9.17, 15) is 58.5 Å². The molecule has 24 heteroatoms.